The van der Waals surface area contributed by atoms with E-state index in [0.29, 0.717) is 12.2 Å². The molecule has 0 amide bonds. The number of benzene rings is 1. The van der Waals surface area contributed by atoms with Gasteiger partial charge in [-0.1, -0.05) is 77.8 Å². The van der Waals surface area contributed by atoms with Crippen molar-refractivity contribution < 1.29 is 9.90 Å². The van der Waals surface area contributed by atoms with E-state index in [1.165, 1.54) is 0 Å². The maximum Gasteiger partial charge on any atom is 0.183 e. The molecule has 1 unspecified atom stereocenters. The summed E-state index contributed by atoms with van der Waals surface area (Å²) in [5.41, 5.74) is 4.43. The smallest absolute Gasteiger partial charge is 0.183 e. The maximum absolute atomic E-state index is 12.7. The van der Waals surface area contributed by atoms with Crippen LogP contribution < -0.4 is 5.32 Å². The summed E-state index contributed by atoms with van der Waals surface area (Å²) in [4.78, 5) is 17.7. The molecule has 3 rings (SSSR count). The Morgan fingerprint density at radius 3 is 2.70 bits per heavy atom. The van der Waals surface area contributed by atoms with Crippen molar-refractivity contribution in [3.8, 4) is 5.75 Å². The van der Waals surface area contributed by atoms with Crippen molar-refractivity contribution in [2.24, 2.45) is 10.9 Å². The van der Waals surface area contributed by atoms with Crippen molar-refractivity contribution in [3.63, 3.8) is 0 Å². The number of carbonyl (C=O) groups excluding carboxylic acids is 1. The highest BCUT2D eigenvalue weighted by atomic mass is 16.3. The largest absolute Gasteiger partial charge is 0.507 e. The van der Waals surface area contributed by atoms with E-state index in [0.717, 1.165) is 60.1 Å². The van der Waals surface area contributed by atoms with Crippen LogP contribution in [0.1, 0.15) is 84.3 Å². The highest BCUT2D eigenvalue weighted by molar-refractivity contribution is 6.06. The van der Waals surface area contributed by atoms with Crippen LogP contribution in [0.2, 0.25) is 0 Å². The Hall–Kier alpha value is -2.62. The minimum atomic E-state index is -0.134. The lowest BCUT2D eigenvalue weighted by molar-refractivity contribution is -0.111. The predicted molar refractivity (Wildman–Crippen MR) is 138 cm³/mol. The summed E-state index contributed by atoms with van der Waals surface area (Å²) in [7, 11) is 0. The highest BCUT2D eigenvalue weighted by Crippen LogP contribution is 2.33. The number of phenols is 1. The zero-order chi connectivity index (χ0) is 24.2. The Balaban J connectivity index is 1.88. The lowest BCUT2D eigenvalue weighted by Gasteiger charge is -2.34. The van der Waals surface area contributed by atoms with Gasteiger partial charge in [-0.25, -0.2) is 0 Å². The number of nitrogens with zero attached hydrogens (tertiary/aromatic N) is 1. The third-order valence-corrected chi connectivity index (χ3v) is 6.95. The zero-order valence-corrected chi connectivity index (χ0v) is 20.9. The first-order chi connectivity index (χ1) is 15.6. The molecule has 1 aromatic carbocycles. The summed E-state index contributed by atoms with van der Waals surface area (Å²) in [5.74, 6) is 0.668. The number of carbonyl (C=O) groups is 1. The lowest BCUT2D eigenvalue weighted by atomic mass is 9.85. The molecule has 2 aliphatic carbocycles. The van der Waals surface area contributed by atoms with Crippen molar-refractivity contribution in [2.75, 3.05) is 0 Å². The Morgan fingerprint density at radius 1 is 1.27 bits per heavy atom. The van der Waals surface area contributed by atoms with Gasteiger partial charge in [-0.15, -0.1) is 0 Å². The summed E-state index contributed by atoms with van der Waals surface area (Å²) in [6.07, 6.45) is 11.2. The van der Waals surface area contributed by atoms with E-state index in [9.17, 15) is 9.90 Å². The molecular weight excluding hydrogens is 408 g/mol. The van der Waals surface area contributed by atoms with Crippen molar-refractivity contribution in [1.82, 2.24) is 5.32 Å². The summed E-state index contributed by atoms with van der Waals surface area (Å²) in [6.45, 7) is 14.7. The quantitative estimate of drug-likeness (QED) is 0.391. The summed E-state index contributed by atoms with van der Waals surface area (Å²) < 4.78 is 0. The van der Waals surface area contributed by atoms with E-state index in [4.69, 9.17) is 4.99 Å². The second-order valence-electron chi connectivity index (χ2n) is 10.6. The van der Waals surface area contributed by atoms with Crippen molar-refractivity contribution in [3.05, 3.63) is 64.9 Å². The predicted octanol–water partition coefficient (Wildman–Crippen LogP) is 6.39. The van der Waals surface area contributed by atoms with Crippen molar-refractivity contribution in [2.45, 2.75) is 90.6 Å². The molecule has 0 radical (unpaired) electrons. The Kier molecular flexibility index (Phi) is 7.99. The van der Waals surface area contributed by atoms with Crippen molar-refractivity contribution in [1.29, 1.82) is 0 Å². The fourth-order valence-electron chi connectivity index (χ4n) is 4.73. The molecule has 0 bridgehead atoms. The van der Waals surface area contributed by atoms with Gasteiger partial charge in [-0.05, 0) is 48.3 Å². The molecule has 0 aliphatic heterocycles. The first-order valence-corrected chi connectivity index (χ1v) is 12.4. The van der Waals surface area contributed by atoms with Crippen LogP contribution in [0.4, 0.5) is 0 Å². The van der Waals surface area contributed by atoms with Gasteiger partial charge in [0.2, 0.25) is 0 Å². The van der Waals surface area contributed by atoms with Gasteiger partial charge in [0.1, 0.15) is 5.75 Å². The van der Waals surface area contributed by atoms with Crippen LogP contribution in [0.15, 0.2) is 58.8 Å². The number of aliphatic imine (C=N–C) groups is 1. The summed E-state index contributed by atoms with van der Waals surface area (Å²) in [5, 5.41) is 14.6. The monoisotopic (exact) mass is 448 g/mol. The average molecular weight is 449 g/mol. The van der Waals surface area contributed by atoms with E-state index in [-0.39, 0.29) is 29.2 Å². The van der Waals surface area contributed by atoms with Gasteiger partial charge in [-0.2, -0.15) is 0 Å². The van der Waals surface area contributed by atoms with E-state index in [2.05, 4.69) is 46.5 Å². The third kappa shape index (κ3) is 6.04. The van der Waals surface area contributed by atoms with Gasteiger partial charge in [0, 0.05) is 35.5 Å². The summed E-state index contributed by atoms with van der Waals surface area (Å²) >= 11 is 0. The molecule has 33 heavy (non-hydrogen) atoms. The number of aromatic hydroxyl groups is 1. The minimum absolute atomic E-state index is 0.0879. The van der Waals surface area contributed by atoms with E-state index in [1.54, 1.807) is 6.08 Å². The second-order valence-corrected chi connectivity index (χ2v) is 10.6. The van der Waals surface area contributed by atoms with E-state index < -0.39 is 0 Å². The van der Waals surface area contributed by atoms with Crippen molar-refractivity contribution >= 4 is 12.0 Å². The molecule has 2 N–H and O–H groups in total. The minimum Gasteiger partial charge on any atom is -0.507 e. The average Bonchev–Trinajstić information content (AvgIpc) is 2.78. The van der Waals surface area contributed by atoms with Gasteiger partial charge in [0.05, 0.1) is 6.04 Å². The first-order valence-electron chi connectivity index (χ1n) is 12.4. The molecule has 4 heteroatoms. The molecule has 0 aromatic heterocycles. The summed E-state index contributed by atoms with van der Waals surface area (Å²) in [6, 6.07) is 6.16. The van der Waals surface area contributed by atoms with Gasteiger partial charge < -0.3 is 10.4 Å². The normalized spacial score (nSPS) is 24.3. The van der Waals surface area contributed by atoms with E-state index in [1.807, 2.05) is 30.5 Å². The van der Waals surface area contributed by atoms with Crippen LogP contribution >= 0.6 is 0 Å². The van der Waals surface area contributed by atoms with Crippen LogP contribution in [-0.2, 0) is 10.2 Å². The number of hydrogen-bond acceptors (Lipinski definition) is 4. The molecule has 0 saturated heterocycles. The molecule has 1 fully saturated rings. The Bertz CT molecular complexity index is 978. The number of nitrogens with one attached hydrogen (secondary N) is 1. The lowest BCUT2D eigenvalue weighted by Crippen LogP contribution is -2.43. The molecule has 1 aromatic rings. The van der Waals surface area contributed by atoms with Crippen LogP contribution in [0.3, 0.4) is 0 Å². The molecule has 1 saturated carbocycles. The number of para-hydroxylation sites is 1. The molecule has 0 heterocycles. The van der Waals surface area contributed by atoms with Crippen LogP contribution in [-0.4, -0.2) is 29.2 Å². The van der Waals surface area contributed by atoms with Crippen LogP contribution in [0.25, 0.3) is 0 Å². The Morgan fingerprint density at radius 2 is 2.00 bits per heavy atom. The third-order valence-electron chi connectivity index (χ3n) is 6.95. The van der Waals surface area contributed by atoms with Gasteiger partial charge in [-0.3, -0.25) is 9.79 Å². The zero-order valence-electron chi connectivity index (χ0n) is 20.9. The molecule has 2 aliphatic rings. The molecule has 3 atom stereocenters. The second kappa shape index (κ2) is 10.5. The first kappa shape index (κ1) is 25.0. The topological polar surface area (TPSA) is 61.7 Å². The molecular formula is C29H40N2O2. The number of phenolic OH excluding ortho intramolecular Hbond substituents is 1. The standard InChI is InChI=1S/C29H40N2O2/c1-7-20(3)27(22-17-19(2)15-16-26(22)32)31-25-14-9-8-13-24(25)30-18-21-11-10-12-23(28(21)33)29(4,5)6/h10-12,15-16,18,20,24-25,31,33H,2,7-9,13-14,17H2,1,3-6H3/t20?,24-,25-/m0/s1. The maximum atomic E-state index is 12.7. The van der Waals surface area contributed by atoms with Gasteiger partial charge in [0.25, 0.3) is 0 Å². The number of allylic oxidation sites excluding steroid dienone is 5. The molecule has 178 valence electrons. The number of ketones is 1. The van der Waals surface area contributed by atoms with E-state index >= 15 is 0 Å². The van der Waals surface area contributed by atoms with Gasteiger partial charge >= 0.3 is 0 Å². The SMILES string of the molecule is C=C1C=CC(=O)C(=C(N[C@H]2CCCC[C@@H]2N=Cc2cccc(C(C)(C)C)c2O)C(C)CC)C1. The fraction of sp³-hybridized carbons (Fsp3) is 0.517. The molecule has 0 spiro atoms. The Labute approximate surface area is 199 Å². The van der Waals surface area contributed by atoms with Gasteiger partial charge in [0.15, 0.2) is 5.78 Å². The fourth-order valence-corrected chi connectivity index (χ4v) is 4.73. The molecule has 4 nitrogen and oxygen atoms in total. The highest BCUT2D eigenvalue weighted by Gasteiger charge is 2.29. The number of hydrogen-bond donors (Lipinski definition) is 2. The van der Waals surface area contributed by atoms with Crippen LogP contribution in [0.5, 0.6) is 5.75 Å². The van der Waals surface area contributed by atoms with Crippen LogP contribution in [0, 0.1) is 5.92 Å². The number of rotatable bonds is 6.